The summed E-state index contributed by atoms with van der Waals surface area (Å²) in [6, 6.07) is 7.70. The maximum Gasteiger partial charge on any atom is 0.328 e. The van der Waals surface area contributed by atoms with Gasteiger partial charge in [-0.1, -0.05) is 12.1 Å². The van der Waals surface area contributed by atoms with Crippen LogP contribution in [-0.4, -0.2) is 27.7 Å². The molecule has 98 valence electrons. The van der Waals surface area contributed by atoms with E-state index < -0.39 is 5.97 Å². The number of hydrogen-bond acceptors (Lipinski definition) is 3. The number of carbonyl (C=O) groups is 1. The van der Waals surface area contributed by atoms with Crippen LogP contribution in [0.15, 0.2) is 42.9 Å². The number of carboxylic acid groups (broad SMARTS) is 1. The molecular formula is C14H14N2O3. The Bertz CT molecular complexity index is 585. The van der Waals surface area contributed by atoms with Crippen LogP contribution in [0.4, 0.5) is 0 Å². The van der Waals surface area contributed by atoms with E-state index in [1.165, 1.54) is 6.08 Å². The van der Waals surface area contributed by atoms with E-state index in [1.807, 2.05) is 28.8 Å². The molecule has 1 N–H and O–H groups in total. The van der Waals surface area contributed by atoms with Crippen molar-refractivity contribution in [1.82, 2.24) is 9.55 Å². The molecule has 0 amide bonds. The summed E-state index contributed by atoms with van der Waals surface area (Å²) in [5.74, 6) is -0.169. The Morgan fingerprint density at radius 2 is 2.16 bits per heavy atom. The van der Waals surface area contributed by atoms with Gasteiger partial charge in [-0.15, -0.1) is 0 Å². The molecule has 19 heavy (non-hydrogen) atoms. The van der Waals surface area contributed by atoms with E-state index in [9.17, 15) is 4.79 Å². The molecule has 2 aromatic rings. The van der Waals surface area contributed by atoms with Gasteiger partial charge >= 0.3 is 5.97 Å². The van der Waals surface area contributed by atoms with E-state index in [1.54, 1.807) is 19.6 Å². The molecule has 0 aliphatic carbocycles. The molecule has 0 saturated carbocycles. The summed E-state index contributed by atoms with van der Waals surface area (Å²) in [4.78, 5) is 14.5. The van der Waals surface area contributed by atoms with Gasteiger partial charge in [-0.2, -0.15) is 0 Å². The highest BCUT2D eigenvalue weighted by Crippen LogP contribution is 2.13. The Morgan fingerprint density at radius 3 is 2.79 bits per heavy atom. The molecular weight excluding hydrogens is 244 g/mol. The minimum absolute atomic E-state index is 0.628. The number of imidazole rings is 1. The molecule has 1 heterocycles. The molecule has 0 unspecified atom stereocenters. The van der Waals surface area contributed by atoms with Gasteiger partial charge in [0, 0.05) is 12.6 Å². The van der Waals surface area contributed by atoms with E-state index in [0.717, 1.165) is 23.1 Å². The average Bonchev–Trinajstić information content (AvgIpc) is 2.84. The lowest BCUT2D eigenvalue weighted by Gasteiger charge is -2.06. The van der Waals surface area contributed by atoms with Crippen LogP contribution in [0.2, 0.25) is 0 Å². The fourth-order valence-corrected chi connectivity index (χ4v) is 1.69. The number of aromatic nitrogens is 2. The van der Waals surface area contributed by atoms with Gasteiger partial charge in [-0.05, 0) is 23.8 Å². The topological polar surface area (TPSA) is 64.4 Å². The van der Waals surface area contributed by atoms with Crippen molar-refractivity contribution in [1.29, 1.82) is 0 Å². The Kier molecular flexibility index (Phi) is 3.97. The number of nitrogens with zero attached hydrogens (tertiary/aromatic N) is 2. The van der Waals surface area contributed by atoms with Gasteiger partial charge in [0.2, 0.25) is 0 Å². The van der Waals surface area contributed by atoms with Crippen molar-refractivity contribution in [2.45, 2.75) is 6.54 Å². The lowest BCUT2D eigenvalue weighted by Crippen LogP contribution is -2.00. The second-order valence-corrected chi connectivity index (χ2v) is 3.97. The monoisotopic (exact) mass is 258 g/mol. The first-order valence-electron chi connectivity index (χ1n) is 5.73. The second-order valence-electron chi connectivity index (χ2n) is 3.97. The van der Waals surface area contributed by atoms with Gasteiger partial charge in [0.25, 0.3) is 0 Å². The Hall–Kier alpha value is -2.56. The van der Waals surface area contributed by atoms with Gasteiger partial charge in [-0.25, -0.2) is 9.78 Å². The molecule has 0 saturated heterocycles. The van der Waals surface area contributed by atoms with Gasteiger partial charge in [0.15, 0.2) is 0 Å². The van der Waals surface area contributed by atoms with E-state index in [4.69, 9.17) is 9.84 Å². The van der Waals surface area contributed by atoms with Crippen molar-refractivity contribution >= 4 is 12.0 Å². The highest BCUT2D eigenvalue weighted by Gasteiger charge is 2.01. The lowest BCUT2D eigenvalue weighted by atomic mass is 10.2. The predicted molar refractivity (Wildman–Crippen MR) is 71.0 cm³/mol. The number of rotatable bonds is 5. The molecule has 5 heteroatoms. The quantitative estimate of drug-likeness (QED) is 0.833. The number of hydrogen-bond donors (Lipinski definition) is 1. The number of ether oxygens (including phenoxy) is 1. The minimum atomic E-state index is -0.975. The maximum absolute atomic E-state index is 10.5. The second kappa shape index (κ2) is 5.86. The Labute approximate surface area is 110 Å². The van der Waals surface area contributed by atoms with E-state index >= 15 is 0 Å². The predicted octanol–water partition coefficient (Wildman–Crippen LogP) is 2.04. The Morgan fingerprint density at radius 1 is 1.42 bits per heavy atom. The average molecular weight is 258 g/mol. The van der Waals surface area contributed by atoms with Crippen LogP contribution in [0.5, 0.6) is 5.75 Å². The smallest absolute Gasteiger partial charge is 0.328 e. The molecule has 0 radical (unpaired) electrons. The molecule has 0 aliphatic heterocycles. The summed E-state index contributed by atoms with van der Waals surface area (Å²) < 4.78 is 6.97. The fraction of sp³-hybridized carbons (Fsp3) is 0.143. The summed E-state index contributed by atoms with van der Waals surface area (Å²) in [5, 5.41) is 8.62. The van der Waals surface area contributed by atoms with Crippen molar-refractivity contribution in [2.75, 3.05) is 7.11 Å². The van der Waals surface area contributed by atoms with Crippen molar-refractivity contribution in [3.63, 3.8) is 0 Å². The molecule has 0 spiro atoms. The molecule has 0 bridgehead atoms. The van der Waals surface area contributed by atoms with Crippen molar-refractivity contribution in [3.05, 3.63) is 54.1 Å². The largest absolute Gasteiger partial charge is 0.497 e. The van der Waals surface area contributed by atoms with Crippen molar-refractivity contribution < 1.29 is 14.6 Å². The van der Waals surface area contributed by atoms with Crippen LogP contribution in [0.1, 0.15) is 11.3 Å². The molecule has 0 aliphatic rings. The van der Waals surface area contributed by atoms with Gasteiger partial charge in [0.1, 0.15) is 5.75 Å². The van der Waals surface area contributed by atoms with Crippen LogP contribution in [-0.2, 0) is 11.3 Å². The normalized spacial score (nSPS) is 10.8. The van der Waals surface area contributed by atoms with E-state index in [2.05, 4.69) is 4.98 Å². The van der Waals surface area contributed by atoms with Gasteiger partial charge in [0.05, 0.1) is 25.3 Å². The first-order chi connectivity index (χ1) is 9.19. The zero-order chi connectivity index (χ0) is 13.7. The lowest BCUT2D eigenvalue weighted by molar-refractivity contribution is -0.131. The summed E-state index contributed by atoms with van der Waals surface area (Å²) in [7, 11) is 1.62. The number of carboxylic acids is 1. The minimum Gasteiger partial charge on any atom is -0.497 e. The van der Waals surface area contributed by atoms with Gasteiger partial charge < -0.3 is 14.4 Å². The van der Waals surface area contributed by atoms with Crippen LogP contribution in [0.3, 0.4) is 0 Å². The van der Waals surface area contributed by atoms with Crippen LogP contribution in [0.25, 0.3) is 6.08 Å². The standard InChI is InChI=1S/C14H14N2O3/c1-19-13-5-2-11(3-6-13)9-16-10-15-8-12(16)4-7-14(17)18/h2-8,10H,9H2,1H3,(H,17,18)/b7-4+. The molecule has 2 rings (SSSR count). The molecule has 1 aromatic heterocycles. The van der Waals surface area contributed by atoms with Gasteiger partial charge in [-0.3, -0.25) is 0 Å². The first-order valence-corrected chi connectivity index (χ1v) is 5.73. The number of methoxy groups -OCH3 is 1. The van der Waals surface area contributed by atoms with Crippen LogP contribution >= 0.6 is 0 Å². The van der Waals surface area contributed by atoms with E-state index in [-0.39, 0.29) is 0 Å². The van der Waals surface area contributed by atoms with Crippen molar-refractivity contribution in [3.8, 4) is 5.75 Å². The fourth-order valence-electron chi connectivity index (χ4n) is 1.69. The molecule has 5 nitrogen and oxygen atoms in total. The summed E-state index contributed by atoms with van der Waals surface area (Å²) in [5.41, 5.74) is 1.84. The summed E-state index contributed by atoms with van der Waals surface area (Å²) in [6.07, 6.45) is 5.93. The highest BCUT2D eigenvalue weighted by atomic mass is 16.5. The number of aliphatic carboxylic acids is 1. The highest BCUT2D eigenvalue weighted by molar-refractivity contribution is 5.84. The summed E-state index contributed by atoms with van der Waals surface area (Å²) >= 11 is 0. The first kappa shape index (κ1) is 12.9. The van der Waals surface area contributed by atoms with Crippen molar-refractivity contribution in [2.24, 2.45) is 0 Å². The SMILES string of the molecule is COc1ccc(Cn2cncc2/C=C/C(=O)O)cc1. The number of benzene rings is 1. The summed E-state index contributed by atoms with van der Waals surface area (Å²) in [6.45, 7) is 0.628. The van der Waals surface area contributed by atoms with Crippen LogP contribution in [0, 0.1) is 0 Å². The molecule has 0 atom stereocenters. The zero-order valence-corrected chi connectivity index (χ0v) is 10.5. The van der Waals surface area contributed by atoms with Crippen LogP contribution < -0.4 is 4.74 Å². The molecule has 0 fully saturated rings. The van der Waals surface area contributed by atoms with E-state index in [0.29, 0.717) is 6.54 Å². The third kappa shape index (κ3) is 3.45. The third-order valence-electron chi connectivity index (χ3n) is 2.65. The third-order valence-corrected chi connectivity index (χ3v) is 2.65. The Balaban J connectivity index is 2.14. The zero-order valence-electron chi connectivity index (χ0n) is 10.5. The maximum atomic E-state index is 10.5. The molecule has 1 aromatic carbocycles.